The van der Waals surface area contributed by atoms with Crippen molar-refractivity contribution in [1.29, 1.82) is 0 Å². The Labute approximate surface area is 229 Å². The monoisotopic (exact) mass is 555 g/mol. The van der Waals surface area contributed by atoms with E-state index in [2.05, 4.69) is 14.9 Å². The number of imidazole rings is 1. The van der Waals surface area contributed by atoms with Crippen LogP contribution in [0.5, 0.6) is 5.75 Å². The van der Waals surface area contributed by atoms with E-state index in [1.54, 1.807) is 6.07 Å². The second-order valence-electron chi connectivity index (χ2n) is 10.3. The van der Waals surface area contributed by atoms with Crippen molar-refractivity contribution in [2.45, 2.75) is 64.1 Å². The van der Waals surface area contributed by atoms with Crippen LogP contribution < -0.4 is 10.1 Å². The molecule has 2 amide bonds. The molecule has 2 aliphatic heterocycles. The van der Waals surface area contributed by atoms with Gasteiger partial charge in [0.2, 0.25) is 0 Å². The predicted octanol–water partition coefficient (Wildman–Crippen LogP) is 4.30. The molecule has 1 N–H and O–H groups in total. The van der Waals surface area contributed by atoms with Crippen molar-refractivity contribution < 1.29 is 23.1 Å². The summed E-state index contributed by atoms with van der Waals surface area (Å²) in [5.74, 6) is -1.56. The lowest BCUT2D eigenvalue weighted by Gasteiger charge is -2.37. The van der Waals surface area contributed by atoms with Gasteiger partial charge < -0.3 is 19.5 Å². The number of aromatic nitrogens is 3. The molecule has 3 aromatic rings. The van der Waals surface area contributed by atoms with Crippen molar-refractivity contribution in [2.24, 2.45) is 0 Å². The van der Waals surface area contributed by atoms with Crippen molar-refractivity contribution in [3.05, 3.63) is 75.1 Å². The van der Waals surface area contributed by atoms with Crippen LogP contribution in [0.1, 0.15) is 70.6 Å². The fourth-order valence-electron chi connectivity index (χ4n) is 5.38. The van der Waals surface area contributed by atoms with Crippen molar-refractivity contribution in [3.63, 3.8) is 0 Å². The number of nitrogens with one attached hydrogen (secondary N) is 1. The molecule has 204 valence electrons. The number of carbonyl (C=O) groups is 2. The fourth-order valence-corrected chi connectivity index (χ4v) is 5.58. The van der Waals surface area contributed by atoms with E-state index in [1.165, 1.54) is 30.0 Å². The van der Waals surface area contributed by atoms with Gasteiger partial charge in [0.1, 0.15) is 17.6 Å². The highest BCUT2D eigenvalue weighted by atomic mass is 35.5. The smallest absolute Gasteiger partial charge is 0.270 e. The molecule has 6 rings (SSSR count). The van der Waals surface area contributed by atoms with Gasteiger partial charge in [-0.25, -0.2) is 18.7 Å². The molecule has 1 unspecified atom stereocenters. The van der Waals surface area contributed by atoms with Gasteiger partial charge in [-0.05, 0) is 50.3 Å². The van der Waals surface area contributed by atoms with E-state index in [4.69, 9.17) is 21.3 Å². The summed E-state index contributed by atoms with van der Waals surface area (Å²) < 4.78 is 37.9. The number of rotatable bonds is 6. The van der Waals surface area contributed by atoms with E-state index in [0.717, 1.165) is 49.3 Å². The van der Waals surface area contributed by atoms with Crippen LogP contribution in [0.15, 0.2) is 24.3 Å². The van der Waals surface area contributed by atoms with Crippen molar-refractivity contribution in [2.75, 3.05) is 13.2 Å². The number of ether oxygens (including phenoxy) is 1. The summed E-state index contributed by atoms with van der Waals surface area (Å²) in [7, 11) is 0. The Morgan fingerprint density at radius 3 is 2.67 bits per heavy atom. The Morgan fingerprint density at radius 1 is 1.08 bits per heavy atom. The molecule has 39 heavy (non-hydrogen) atoms. The number of aryl methyl sites for hydroxylation is 2. The first kappa shape index (κ1) is 25.7. The fraction of sp³-hybridized carbons (Fsp3) is 0.429. The topological polar surface area (TPSA) is 89.4 Å². The third-order valence-corrected chi connectivity index (χ3v) is 7.86. The summed E-state index contributed by atoms with van der Waals surface area (Å²) >= 11 is 6.26. The lowest BCUT2D eigenvalue weighted by Crippen LogP contribution is -2.44. The van der Waals surface area contributed by atoms with Gasteiger partial charge in [-0.1, -0.05) is 23.7 Å². The van der Waals surface area contributed by atoms with E-state index in [1.807, 2.05) is 0 Å². The number of fused-ring (bicyclic) bond motifs is 3. The van der Waals surface area contributed by atoms with Crippen LogP contribution in [-0.4, -0.2) is 50.4 Å². The Kier molecular flexibility index (Phi) is 6.74. The van der Waals surface area contributed by atoms with Crippen LogP contribution >= 0.6 is 11.6 Å². The number of nitrogens with zero attached hydrogens (tertiary/aromatic N) is 4. The molecule has 0 radical (unpaired) electrons. The Morgan fingerprint density at radius 2 is 1.90 bits per heavy atom. The molecule has 2 aromatic heterocycles. The predicted molar refractivity (Wildman–Crippen MR) is 139 cm³/mol. The Bertz CT molecular complexity index is 1470. The molecule has 4 heterocycles. The third kappa shape index (κ3) is 4.86. The zero-order valence-electron chi connectivity index (χ0n) is 21.5. The molecule has 0 spiro atoms. The van der Waals surface area contributed by atoms with Gasteiger partial charge in [-0.2, -0.15) is 0 Å². The third-order valence-electron chi connectivity index (χ3n) is 7.59. The minimum Gasteiger partial charge on any atom is -0.481 e. The van der Waals surface area contributed by atoms with Crippen LogP contribution in [0.2, 0.25) is 5.15 Å². The van der Waals surface area contributed by atoms with Crippen LogP contribution in [0.25, 0.3) is 0 Å². The normalized spacial score (nSPS) is 18.4. The molecular formula is C28H28ClF2N5O3. The van der Waals surface area contributed by atoms with Gasteiger partial charge in [-0.3, -0.25) is 9.59 Å². The molecule has 1 fully saturated rings. The second-order valence-corrected chi connectivity index (χ2v) is 10.7. The first-order valence-corrected chi connectivity index (χ1v) is 13.6. The number of benzene rings is 1. The van der Waals surface area contributed by atoms with Gasteiger partial charge in [0.15, 0.2) is 29.1 Å². The van der Waals surface area contributed by atoms with Crippen molar-refractivity contribution in [1.82, 2.24) is 24.8 Å². The molecular weight excluding hydrogens is 528 g/mol. The van der Waals surface area contributed by atoms with Crippen molar-refractivity contribution >= 4 is 23.4 Å². The highest BCUT2D eigenvalue weighted by Crippen LogP contribution is 2.39. The summed E-state index contributed by atoms with van der Waals surface area (Å²) in [4.78, 5) is 36.2. The molecule has 1 aromatic carbocycles. The highest BCUT2D eigenvalue weighted by molar-refractivity contribution is 6.31. The molecule has 8 nitrogen and oxygen atoms in total. The van der Waals surface area contributed by atoms with E-state index >= 15 is 4.39 Å². The van der Waals surface area contributed by atoms with Crippen LogP contribution in [0, 0.1) is 18.6 Å². The first-order valence-electron chi connectivity index (χ1n) is 13.2. The number of amides is 2. The number of carbonyl (C=O) groups excluding carboxylic acids is 2. The number of hydrogen-bond donors (Lipinski definition) is 1. The largest absolute Gasteiger partial charge is 0.481 e. The number of hydrogen-bond acceptors (Lipinski definition) is 5. The zero-order valence-corrected chi connectivity index (χ0v) is 22.2. The number of pyridine rings is 1. The molecule has 1 atom stereocenters. The highest BCUT2D eigenvalue weighted by Gasteiger charge is 2.39. The van der Waals surface area contributed by atoms with E-state index in [0.29, 0.717) is 13.0 Å². The molecule has 1 saturated carbocycles. The molecule has 11 heteroatoms. The summed E-state index contributed by atoms with van der Waals surface area (Å²) in [6, 6.07) is 5.39. The average Bonchev–Trinajstić information content (AvgIpc) is 3.67. The quantitative estimate of drug-likeness (QED) is 0.458. The molecule has 3 aliphatic rings. The van der Waals surface area contributed by atoms with Crippen molar-refractivity contribution in [3.8, 4) is 5.75 Å². The van der Waals surface area contributed by atoms with Gasteiger partial charge >= 0.3 is 0 Å². The van der Waals surface area contributed by atoms with E-state index < -0.39 is 30.2 Å². The van der Waals surface area contributed by atoms with Gasteiger partial charge in [-0.15, -0.1) is 0 Å². The van der Waals surface area contributed by atoms with E-state index in [-0.39, 0.29) is 46.2 Å². The lowest BCUT2D eigenvalue weighted by molar-refractivity contribution is -0.135. The van der Waals surface area contributed by atoms with Gasteiger partial charge in [0.05, 0.1) is 11.4 Å². The van der Waals surface area contributed by atoms with Gasteiger partial charge in [0, 0.05) is 37.5 Å². The van der Waals surface area contributed by atoms with E-state index in [9.17, 15) is 14.0 Å². The molecule has 0 bridgehead atoms. The summed E-state index contributed by atoms with van der Waals surface area (Å²) in [6.07, 6.45) is 5.17. The Hall–Kier alpha value is -3.53. The standard InChI is InChI=1S/C28H28ClF2N5O3/c1-15-5-8-17(24(31)23(15)30)25-26-18(33-21-4-2-3-12-35(21)26)11-13-36(25)22(37)14-39-20-10-9-19(34-27(20)29)28(38)32-16-6-7-16/h5,8-10,16,25H,2-4,6-7,11-14H2,1H3,(H,32,38). The lowest BCUT2D eigenvalue weighted by atomic mass is 9.93. The SMILES string of the molecule is Cc1ccc(C2c3c(nc4n3CCCC4)CCN2C(=O)COc2ccc(C(=O)NC3CC3)nc2Cl)c(F)c1F. The minimum absolute atomic E-state index is 0.0414. The number of halogens is 3. The van der Waals surface area contributed by atoms with Crippen LogP contribution in [0.3, 0.4) is 0 Å². The maximum absolute atomic E-state index is 15.4. The average molecular weight is 556 g/mol. The summed E-state index contributed by atoms with van der Waals surface area (Å²) in [6.45, 7) is 2.10. The Balaban J connectivity index is 1.27. The first-order chi connectivity index (χ1) is 18.8. The molecule has 0 saturated heterocycles. The maximum atomic E-state index is 15.4. The second kappa shape index (κ2) is 10.2. The zero-order chi connectivity index (χ0) is 27.3. The van der Waals surface area contributed by atoms with Crippen LogP contribution in [0.4, 0.5) is 8.78 Å². The maximum Gasteiger partial charge on any atom is 0.270 e. The van der Waals surface area contributed by atoms with Gasteiger partial charge in [0.25, 0.3) is 11.8 Å². The minimum atomic E-state index is -0.967. The summed E-state index contributed by atoms with van der Waals surface area (Å²) in [5, 5.41) is 2.80. The van der Waals surface area contributed by atoms with Crippen LogP contribution in [-0.2, 0) is 24.2 Å². The molecule has 1 aliphatic carbocycles. The summed E-state index contributed by atoms with van der Waals surface area (Å²) in [5.41, 5.74) is 2.00.